The predicted octanol–water partition coefficient (Wildman–Crippen LogP) is 4.93. The van der Waals surface area contributed by atoms with E-state index in [-0.39, 0.29) is 12.1 Å². The fraction of sp³-hybridized carbons (Fsp3) is 0.360. The number of hydrogen-bond donors (Lipinski definition) is 1. The summed E-state index contributed by atoms with van der Waals surface area (Å²) >= 11 is 0. The van der Waals surface area contributed by atoms with Crippen LogP contribution in [0.4, 0.5) is 10.5 Å². The summed E-state index contributed by atoms with van der Waals surface area (Å²) in [6.45, 7) is 7.80. The molecule has 1 N–H and O–H groups in total. The third kappa shape index (κ3) is 4.46. The zero-order valence-electron chi connectivity index (χ0n) is 17.8. The van der Waals surface area contributed by atoms with Gasteiger partial charge < -0.3 is 10.2 Å². The summed E-state index contributed by atoms with van der Waals surface area (Å²) in [7, 11) is 0. The molecule has 1 aliphatic heterocycles. The Bertz CT molecular complexity index is 1000. The van der Waals surface area contributed by atoms with E-state index in [1.165, 1.54) is 5.56 Å². The Morgan fingerprint density at radius 3 is 2.70 bits per heavy atom. The molecule has 3 aromatic rings. The van der Waals surface area contributed by atoms with Crippen LogP contribution in [0.25, 0.3) is 10.9 Å². The Morgan fingerprint density at radius 1 is 1.07 bits per heavy atom. The van der Waals surface area contributed by atoms with Crippen molar-refractivity contribution in [3.63, 3.8) is 0 Å². The molecule has 1 aromatic heterocycles. The Morgan fingerprint density at radius 2 is 1.90 bits per heavy atom. The van der Waals surface area contributed by atoms with Gasteiger partial charge in [-0.3, -0.25) is 9.88 Å². The number of hydrogen-bond acceptors (Lipinski definition) is 3. The SMILES string of the molecule is CCc1ccc2ncccc2c1NC(=O)N1CCN(Cc2ccccc2)CCC1C. The summed E-state index contributed by atoms with van der Waals surface area (Å²) in [6.07, 6.45) is 3.62. The van der Waals surface area contributed by atoms with Crippen molar-refractivity contribution in [2.45, 2.75) is 39.3 Å². The maximum absolute atomic E-state index is 13.3. The first-order chi connectivity index (χ1) is 14.7. The molecule has 2 aromatic carbocycles. The van der Waals surface area contributed by atoms with Crippen molar-refractivity contribution in [1.29, 1.82) is 0 Å². The van der Waals surface area contributed by atoms with E-state index in [1.54, 1.807) is 6.20 Å². The largest absolute Gasteiger partial charge is 0.322 e. The van der Waals surface area contributed by atoms with Crippen LogP contribution >= 0.6 is 0 Å². The minimum absolute atomic E-state index is 0.0184. The third-order valence-corrected chi connectivity index (χ3v) is 6.05. The average molecular weight is 403 g/mol. The molecular formula is C25H30N4O. The van der Waals surface area contributed by atoms with Gasteiger partial charge in [0.2, 0.25) is 0 Å². The lowest BCUT2D eigenvalue weighted by Gasteiger charge is -2.28. The summed E-state index contributed by atoms with van der Waals surface area (Å²) in [5.74, 6) is 0. The number of anilines is 1. The average Bonchev–Trinajstić information content (AvgIpc) is 2.96. The van der Waals surface area contributed by atoms with Crippen LogP contribution in [-0.4, -0.2) is 46.5 Å². The fourth-order valence-corrected chi connectivity index (χ4v) is 4.23. The van der Waals surface area contributed by atoms with Gasteiger partial charge >= 0.3 is 6.03 Å². The van der Waals surface area contributed by atoms with Gasteiger partial charge in [-0.2, -0.15) is 0 Å². The van der Waals surface area contributed by atoms with Gasteiger partial charge in [0.05, 0.1) is 11.2 Å². The molecule has 2 amide bonds. The molecule has 0 spiro atoms. The highest BCUT2D eigenvalue weighted by molar-refractivity contribution is 6.01. The highest BCUT2D eigenvalue weighted by atomic mass is 16.2. The van der Waals surface area contributed by atoms with E-state index in [4.69, 9.17) is 0 Å². The molecule has 156 valence electrons. The lowest BCUT2D eigenvalue weighted by molar-refractivity contribution is 0.194. The fourth-order valence-electron chi connectivity index (χ4n) is 4.23. The van der Waals surface area contributed by atoms with Gasteiger partial charge in [-0.1, -0.05) is 43.3 Å². The van der Waals surface area contributed by atoms with Gasteiger partial charge in [0.25, 0.3) is 0 Å². The van der Waals surface area contributed by atoms with E-state index in [2.05, 4.69) is 59.4 Å². The van der Waals surface area contributed by atoms with Crippen LogP contribution in [0.3, 0.4) is 0 Å². The first kappa shape index (κ1) is 20.4. The molecule has 1 atom stereocenters. The van der Waals surface area contributed by atoms with Crippen LogP contribution in [0.1, 0.15) is 31.4 Å². The molecular weight excluding hydrogens is 372 g/mol. The van der Waals surface area contributed by atoms with Gasteiger partial charge in [0, 0.05) is 43.8 Å². The lowest BCUT2D eigenvalue weighted by Crippen LogP contribution is -2.42. The number of nitrogens with zero attached hydrogens (tertiary/aromatic N) is 3. The Hall–Kier alpha value is -2.92. The number of urea groups is 1. The topological polar surface area (TPSA) is 48.5 Å². The van der Waals surface area contributed by atoms with Gasteiger partial charge in [0.15, 0.2) is 0 Å². The number of aryl methyl sites for hydroxylation is 1. The highest BCUT2D eigenvalue weighted by Crippen LogP contribution is 2.27. The van der Waals surface area contributed by atoms with Gasteiger partial charge in [-0.15, -0.1) is 0 Å². The maximum Gasteiger partial charge on any atom is 0.322 e. The van der Waals surface area contributed by atoms with Crippen molar-refractivity contribution in [2.75, 3.05) is 25.0 Å². The second-order valence-corrected chi connectivity index (χ2v) is 8.05. The summed E-state index contributed by atoms with van der Waals surface area (Å²) in [5, 5.41) is 4.22. The molecule has 5 heteroatoms. The summed E-state index contributed by atoms with van der Waals surface area (Å²) in [6, 6.07) is 18.8. The highest BCUT2D eigenvalue weighted by Gasteiger charge is 2.25. The second-order valence-electron chi connectivity index (χ2n) is 8.05. The van der Waals surface area contributed by atoms with Crippen LogP contribution < -0.4 is 5.32 Å². The van der Waals surface area contributed by atoms with E-state index in [0.29, 0.717) is 0 Å². The lowest BCUT2D eigenvalue weighted by atomic mass is 10.1. The standard InChI is InChI=1S/C25H30N4O/c1-3-21-11-12-23-22(10-7-14-26-23)24(21)27-25(30)29-17-16-28(15-13-19(29)2)18-20-8-5-4-6-9-20/h4-12,14,19H,3,13,15-18H2,1-2H3,(H,27,30). The number of benzene rings is 2. The molecule has 0 bridgehead atoms. The van der Waals surface area contributed by atoms with E-state index < -0.39 is 0 Å². The van der Waals surface area contributed by atoms with Crippen molar-refractivity contribution in [2.24, 2.45) is 0 Å². The molecule has 1 aliphatic rings. The van der Waals surface area contributed by atoms with Crippen molar-refractivity contribution in [1.82, 2.24) is 14.8 Å². The van der Waals surface area contributed by atoms with Crippen molar-refractivity contribution >= 4 is 22.6 Å². The van der Waals surface area contributed by atoms with Crippen molar-refractivity contribution < 1.29 is 4.79 Å². The predicted molar refractivity (Wildman–Crippen MR) is 123 cm³/mol. The smallest absolute Gasteiger partial charge is 0.320 e. The number of carbonyl (C=O) groups excluding carboxylic acids is 1. The molecule has 2 heterocycles. The van der Waals surface area contributed by atoms with E-state index in [1.807, 2.05) is 29.2 Å². The quantitative estimate of drug-likeness (QED) is 0.673. The number of nitrogens with one attached hydrogen (secondary N) is 1. The maximum atomic E-state index is 13.3. The third-order valence-electron chi connectivity index (χ3n) is 6.05. The van der Waals surface area contributed by atoms with Crippen molar-refractivity contribution in [3.05, 3.63) is 71.9 Å². The molecule has 1 saturated heterocycles. The van der Waals surface area contributed by atoms with Gasteiger partial charge in [-0.05, 0) is 49.1 Å². The van der Waals surface area contributed by atoms with Crippen LogP contribution in [0.15, 0.2) is 60.8 Å². The zero-order chi connectivity index (χ0) is 20.9. The van der Waals surface area contributed by atoms with Crippen molar-refractivity contribution in [3.8, 4) is 0 Å². The normalized spacial score (nSPS) is 17.7. The number of amides is 2. The van der Waals surface area contributed by atoms with Crippen LogP contribution in [0.5, 0.6) is 0 Å². The number of fused-ring (bicyclic) bond motifs is 1. The summed E-state index contributed by atoms with van der Waals surface area (Å²) in [4.78, 5) is 22.2. The van der Waals surface area contributed by atoms with E-state index in [0.717, 1.165) is 61.2 Å². The molecule has 5 nitrogen and oxygen atoms in total. The first-order valence-corrected chi connectivity index (χ1v) is 10.9. The summed E-state index contributed by atoms with van der Waals surface area (Å²) < 4.78 is 0. The number of pyridine rings is 1. The zero-order valence-corrected chi connectivity index (χ0v) is 17.8. The minimum atomic E-state index is -0.0184. The molecule has 0 saturated carbocycles. The van der Waals surface area contributed by atoms with Gasteiger partial charge in [-0.25, -0.2) is 4.79 Å². The van der Waals surface area contributed by atoms with Gasteiger partial charge in [0.1, 0.15) is 0 Å². The monoisotopic (exact) mass is 402 g/mol. The second kappa shape index (κ2) is 9.26. The Balaban J connectivity index is 1.49. The minimum Gasteiger partial charge on any atom is -0.320 e. The number of rotatable bonds is 4. The van der Waals surface area contributed by atoms with Crippen LogP contribution in [0, 0.1) is 0 Å². The molecule has 4 rings (SSSR count). The molecule has 1 fully saturated rings. The molecule has 1 unspecified atom stereocenters. The summed E-state index contributed by atoms with van der Waals surface area (Å²) in [5.41, 5.74) is 4.25. The van der Waals surface area contributed by atoms with E-state index >= 15 is 0 Å². The first-order valence-electron chi connectivity index (χ1n) is 10.9. The van der Waals surface area contributed by atoms with Crippen LogP contribution in [0.2, 0.25) is 0 Å². The van der Waals surface area contributed by atoms with Crippen LogP contribution in [-0.2, 0) is 13.0 Å². The Kier molecular flexibility index (Phi) is 6.29. The Labute approximate surface area is 178 Å². The van der Waals surface area contributed by atoms with E-state index in [9.17, 15) is 4.79 Å². The molecule has 0 radical (unpaired) electrons. The molecule has 30 heavy (non-hydrogen) atoms. The number of carbonyl (C=O) groups is 1. The number of aromatic nitrogens is 1. The molecule has 0 aliphatic carbocycles.